The van der Waals surface area contributed by atoms with Crippen LogP contribution in [0.4, 0.5) is 5.82 Å². The Labute approximate surface area is 236 Å². The van der Waals surface area contributed by atoms with Crippen molar-refractivity contribution in [1.29, 1.82) is 0 Å². The third kappa shape index (κ3) is 5.20. The third-order valence-corrected chi connectivity index (χ3v) is 7.19. The first kappa shape index (κ1) is 27.0. The summed E-state index contributed by atoms with van der Waals surface area (Å²) in [5, 5.41) is 5.63. The number of nitrogens with zero attached hydrogens (tertiary/aromatic N) is 3. The first-order valence-corrected chi connectivity index (χ1v) is 13.5. The number of fused-ring (bicyclic) bond motifs is 1. The van der Waals surface area contributed by atoms with Crippen LogP contribution in [0.25, 0.3) is 27.9 Å². The quantitative estimate of drug-likeness (QED) is 0.247. The number of hydrogen-bond donors (Lipinski definition) is 0. The Balaban J connectivity index is 1.95. The Morgan fingerprint density at radius 2 is 1.54 bits per heavy atom. The summed E-state index contributed by atoms with van der Waals surface area (Å²) >= 11 is 12.6. The highest BCUT2D eigenvalue weighted by Gasteiger charge is 2.34. The van der Waals surface area contributed by atoms with E-state index in [0.717, 1.165) is 5.56 Å². The maximum Gasteiger partial charge on any atom is 0.341 e. The molecule has 8 nitrogen and oxygen atoms in total. The number of esters is 2. The molecule has 1 saturated heterocycles. The highest BCUT2D eigenvalue weighted by molar-refractivity contribution is 6.42. The van der Waals surface area contributed by atoms with E-state index < -0.39 is 11.9 Å². The summed E-state index contributed by atoms with van der Waals surface area (Å²) in [4.78, 5) is 29.3. The molecular formula is C29H27Cl2N3O5. The van der Waals surface area contributed by atoms with Crippen LogP contribution in [0.3, 0.4) is 0 Å². The zero-order chi connectivity index (χ0) is 27.5. The molecule has 0 atom stereocenters. The normalized spacial score (nSPS) is 13.5. The molecular weight excluding hydrogens is 541 g/mol. The van der Waals surface area contributed by atoms with Crippen LogP contribution in [0.1, 0.15) is 34.6 Å². The summed E-state index contributed by atoms with van der Waals surface area (Å²) in [6, 6.07) is 16.6. The van der Waals surface area contributed by atoms with Crippen LogP contribution < -0.4 is 4.90 Å². The molecule has 4 aromatic rings. The van der Waals surface area contributed by atoms with Crippen molar-refractivity contribution in [3.05, 3.63) is 75.8 Å². The van der Waals surface area contributed by atoms with Crippen molar-refractivity contribution in [3.8, 4) is 22.4 Å². The zero-order valence-electron chi connectivity index (χ0n) is 21.6. The minimum absolute atomic E-state index is 0.0532. The molecule has 0 unspecified atom stereocenters. The monoisotopic (exact) mass is 567 g/mol. The van der Waals surface area contributed by atoms with Crippen molar-refractivity contribution in [2.75, 3.05) is 44.4 Å². The lowest BCUT2D eigenvalue weighted by Gasteiger charge is -2.28. The van der Waals surface area contributed by atoms with Crippen LogP contribution in [0, 0.1) is 0 Å². The molecule has 0 amide bonds. The summed E-state index contributed by atoms with van der Waals surface area (Å²) in [7, 11) is 0. The Kier molecular flexibility index (Phi) is 8.07. The summed E-state index contributed by atoms with van der Waals surface area (Å²) < 4.78 is 18.1. The van der Waals surface area contributed by atoms with E-state index in [2.05, 4.69) is 4.90 Å². The highest BCUT2D eigenvalue weighted by Crippen LogP contribution is 2.40. The number of benzene rings is 2. The van der Waals surface area contributed by atoms with Gasteiger partial charge in [0, 0.05) is 24.2 Å². The Hall–Kier alpha value is -3.59. The zero-order valence-corrected chi connectivity index (χ0v) is 23.1. The summed E-state index contributed by atoms with van der Waals surface area (Å²) in [5.41, 5.74) is 3.03. The average molecular weight is 568 g/mol. The van der Waals surface area contributed by atoms with E-state index in [9.17, 15) is 9.59 Å². The van der Waals surface area contributed by atoms with Crippen molar-refractivity contribution < 1.29 is 23.8 Å². The van der Waals surface area contributed by atoms with E-state index in [1.54, 1.807) is 36.6 Å². The summed E-state index contributed by atoms with van der Waals surface area (Å²) in [5.74, 6) is -0.645. The van der Waals surface area contributed by atoms with Gasteiger partial charge in [-0.15, -0.1) is 5.10 Å². The van der Waals surface area contributed by atoms with Gasteiger partial charge < -0.3 is 19.1 Å². The molecule has 10 heteroatoms. The van der Waals surface area contributed by atoms with Crippen LogP contribution in [-0.2, 0) is 14.2 Å². The first-order valence-electron chi connectivity index (χ1n) is 12.7. The number of hydrogen-bond acceptors (Lipinski definition) is 7. The number of carbonyl (C=O) groups is 2. The van der Waals surface area contributed by atoms with Gasteiger partial charge in [0.2, 0.25) is 0 Å². The molecule has 5 rings (SSSR count). The van der Waals surface area contributed by atoms with E-state index in [0.29, 0.717) is 64.5 Å². The first-order chi connectivity index (χ1) is 18.9. The van der Waals surface area contributed by atoms with E-state index in [1.807, 2.05) is 36.4 Å². The average Bonchev–Trinajstić information content (AvgIpc) is 3.31. The van der Waals surface area contributed by atoms with Crippen LogP contribution in [0.2, 0.25) is 10.0 Å². The number of aromatic nitrogens is 2. The second-order valence-electron chi connectivity index (χ2n) is 8.81. The molecule has 0 N–H and O–H groups in total. The molecule has 2 aromatic carbocycles. The standard InChI is InChI=1S/C29H27Cl2N3O5/c1-3-38-28(35)24-25(29(36)39-4-2)27-20(18-8-6-5-7-9-18)17-23(33-12-14-37-15-13-33)32-34(27)26(24)19-10-11-21(30)22(31)16-19/h5-11,16-17H,3-4,12-15H2,1-2H3. The fourth-order valence-electron chi connectivity index (χ4n) is 4.74. The van der Waals surface area contributed by atoms with Crippen LogP contribution in [0.15, 0.2) is 54.6 Å². The lowest BCUT2D eigenvalue weighted by molar-refractivity contribution is 0.0482. The smallest absolute Gasteiger partial charge is 0.341 e. The van der Waals surface area contributed by atoms with Gasteiger partial charge in [0.25, 0.3) is 0 Å². The molecule has 0 aliphatic carbocycles. The van der Waals surface area contributed by atoms with Gasteiger partial charge in [-0.1, -0.05) is 59.6 Å². The van der Waals surface area contributed by atoms with Crippen molar-refractivity contribution in [1.82, 2.24) is 9.61 Å². The van der Waals surface area contributed by atoms with Crippen molar-refractivity contribution in [3.63, 3.8) is 0 Å². The molecule has 202 valence electrons. The third-order valence-electron chi connectivity index (χ3n) is 6.45. The van der Waals surface area contributed by atoms with Crippen molar-refractivity contribution in [2.24, 2.45) is 0 Å². The van der Waals surface area contributed by atoms with E-state index in [4.69, 9.17) is 42.5 Å². The van der Waals surface area contributed by atoms with Crippen LogP contribution in [0.5, 0.6) is 0 Å². The topological polar surface area (TPSA) is 82.4 Å². The molecule has 1 fully saturated rings. The molecule has 2 aromatic heterocycles. The maximum absolute atomic E-state index is 13.6. The molecule has 0 spiro atoms. The van der Waals surface area contributed by atoms with Gasteiger partial charge in [-0.05, 0) is 37.6 Å². The maximum atomic E-state index is 13.6. The molecule has 0 radical (unpaired) electrons. The van der Waals surface area contributed by atoms with Crippen LogP contribution in [-0.4, -0.2) is 61.1 Å². The van der Waals surface area contributed by atoms with Gasteiger partial charge in [0.15, 0.2) is 0 Å². The molecule has 0 bridgehead atoms. The van der Waals surface area contributed by atoms with E-state index in [-0.39, 0.29) is 24.3 Å². The molecule has 3 heterocycles. The van der Waals surface area contributed by atoms with Gasteiger partial charge in [-0.2, -0.15) is 0 Å². The van der Waals surface area contributed by atoms with Crippen LogP contribution >= 0.6 is 23.2 Å². The predicted octanol–water partition coefficient (Wildman–Crippen LogP) is 6.17. The fourth-order valence-corrected chi connectivity index (χ4v) is 5.03. The Bertz CT molecular complexity index is 1530. The number of ether oxygens (including phenoxy) is 3. The lowest BCUT2D eigenvalue weighted by Crippen LogP contribution is -2.37. The lowest BCUT2D eigenvalue weighted by atomic mass is 10.0. The second kappa shape index (κ2) is 11.7. The van der Waals surface area contributed by atoms with E-state index >= 15 is 0 Å². The van der Waals surface area contributed by atoms with Crippen molar-refractivity contribution in [2.45, 2.75) is 13.8 Å². The van der Waals surface area contributed by atoms with Crippen molar-refractivity contribution >= 4 is 46.5 Å². The molecule has 39 heavy (non-hydrogen) atoms. The van der Waals surface area contributed by atoms with Gasteiger partial charge >= 0.3 is 11.9 Å². The predicted molar refractivity (Wildman–Crippen MR) is 151 cm³/mol. The van der Waals surface area contributed by atoms with Gasteiger partial charge in [0.05, 0.1) is 47.7 Å². The fraction of sp³-hybridized carbons (Fsp3) is 0.276. The van der Waals surface area contributed by atoms with Gasteiger partial charge in [-0.3, -0.25) is 0 Å². The second-order valence-corrected chi connectivity index (χ2v) is 9.62. The minimum atomic E-state index is -0.668. The number of anilines is 1. The number of rotatable bonds is 7. The molecule has 0 saturated carbocycles. The highest BCUT2D eigenvalue weighted by atomic mass is 35.5. The molecule has 1 aliphatic heterocycles. The Morgan fingerprint density at radius 1 is 0.872 bits per heavy atom. The Morgan fingerprint density at radius 3 is 2.18 bits per heavy atom. The number of halogens is 2. The SMILES string of the molecule is CCOC(=O)c1c(C(=O)OCC)c2c(-c3ccccc3)cc(N3CCOCC3)nn2c1-c1ccc(Cl)c(Cl)c1. The van der Waals surface area contributed by atoms with Gasteiger partial charge in [-0.25, -0.2) is 14.1 Å². The number of carbonyl (C=O) groups excluding carboxylic acids is 2. The van der Waals surface area contributed by atoms with E-state index in [1.165, 1.54) is 0 Å². The largest absolute Gasteiger partial charge is 0.462 e. The number of morpholine rings is 1. The summed E-state index contributed by atoms with van der Waals surface area (Å²) in [6.07, 6.45) is 0. The summed E-state index contributed by atoms with van der Waals surface area (Å²) in [6.45, 7) is 6.08. The minimum Gasteiger partial charge on any atom is -0.462 e. The van der Waals surface area contributed by atoms with Gasteiger partial charge in [0.1, 0.15) is 16.9 Å². The molecule has 1 aliphatic rings.